The first kappa shape index (κ1) is 12.8. The van der Waals surface area contributed by atoms with Gasteiger partial charge in [-0.25, -0.2) is 0 Å². The molecule has 0 unspecified atom stereocenters. The predicted octanol–water partition coefficient (Wildman–Crippen LogP) is -3.98. The van der Waals surface area contributed by atoms with Crippen LogP contribution in [0, 0.1) is 0 Å². The fourth-order valence-electron chi connectivity index (χ4n) is 1.49. The van der Waals surface area contributed by atoms with Crippen LogP contribution in [0.1, 0.15) is 6.92 Å². The summed E-state index contributed by atoms with van der Waals surface area (Å²) in [6.07, 6.45) is -3.50. The molecule has 0 aromatic heterocycles. The minimum atomic E-state index is -2.30. The largest absolute Gasteiger partial charge is 0.391 e. The van der Waals surface area contributed by atoms with E-state index in [1.807, 2.05) is 5.32 Å². The van der Waals surface area contributed by atoms with E-state index in [-0.39, 0.29) is 0 Å². The molecule has 4 atom stereocenters. The molecule has 1 heterocycles. The third-order valence-electron chi connectivity index (χ3n) is 2.38. The summed E-state index contributed by atoms with van der Waals surface area (Å²) in [7, 11) is 0. The quantitative estimate of drug-likeness (QED) is 0.288. The first-order chi connectivity index (χ1) is 7.31. The maximum Gasteiger partial charge on any atom is 0.247 e. The van der Waals surface area contributed by atoms with Crippen molar-refractivity contribution < 1.29 is 30.0 Å². The third-order valence-corrected chi connectivity index (χ3v) is 2.38. The highest BCUT2D eigenvalue weighted by Crippen LogP contribution is 2.18. The van der Waals surface area contributed by atoms with Crippen LogP contribution < -0.4 is 10.6 Å². The summed E-state index contributed by atoms with van der Waals surface area (Å²) in [5.41, 5.74) is -2.30. The van der Waals surface area contributed by atoms with Gasteiger partial charge >= 0.3 is 0 Å². The number of nitrogens with one attached hydrogen (secondary N) is 2. The lowest BCUT2D eigenvalue weighted by Crippen LogP contribution is -2.74. The van der Waals surface area contributed by atoms with Crippen LogP contribution >= 0.6 is 0 Å². The van der Waals surface area contributed by atoms with Gasteiger partial charge in [-0.15, -0.1) is 0 Å². The Morgan fingerprint density at radius 2 is 2.12 bits per heavy atom. The van der Waals surface area contributed by atoms with Gasteiger partial charge in [0, 0.05) is 6.92 Å². The first-order valence-corrected chi connectivity index (χ1v) is 4.60. The molecule has 8 nitrogen and oxygen atoms in total. The molecule has 0 spiro atoms. The van der Waals surface area contributed by atoms with Crippen LogP contribution in [0.3, 0.4) is 0 Å². The lowest BCUT2D eigenvalue weighted by Gasteiger charge is -2.42. The van der Waals surface area contributed by atoms with Gasteiger partial charge in [0.2, 0.25) is 11.8 Å². The summed E-state index contributed by atoms with van der Waals surface area (Å²) in [5.74, 6) is -1.45. The second-order valence-corrected chi connectivity index (χ2v) is 3.69. The first-order valence-electron chi connectivity index (χ1n) is 4.60. The summed E-state index contributed by atoms with van der Waals surface area (Å²) < 4.78 is 0. The van der Waals surface area contributed by atoms with E-state index in [1.54, 1.807) is 0 Å². The molecule has 1 saturated heterocycles. The lowest BCUT2D eigenvalue weighted by atomic mass is 9.91. The molecule has 0 aromatic carbocycles. The van der Waals surface area contributed by atoms with E-state index in [0.717, 1.165) is 6.92 Å². The molecule has 8 heteroatoms. The molecule has 16 heavy (non-hydrogen) atoms. The zero-order chi connectivity index (χ0) is 12.5. The molecule has 1 aliphatic rings. The zero-order valence-corrected chi connectivity index (χ0v) is 8.54. The molecular formula is C8H14N2O6. The smallest absolute Gasteiger partial charge is 0.247 e. The van der Waals surface area contributed by atoms with Crippen molar-refractivity contribution in [3.8, 4) is 0 Å². The highest BCUT2D eigenvalue weighted by atomic mass is 16.4. The Morgan fingerprint density at radius 1 is 1.56 bits per heavy atom. The number of amides is 2. The van der Waals surface area contributed by atoms with Crippen molar-refractivity contribution in [2.24, 2.45) is 0 Å². The molecule has 6 N–H and O–H groups in total. The number of hydrogen-bond donors (Lipinski definition) is 6. The summed E-state index contributed by atoms with van der Waals surface area (Å²) in [6.45, 7) is 0.184. The van der Waals surface area contributed by atoms with E-state index >= 15 is 0 Å². The van der Waals surface area contributed by atoms with Crippen molar-refractivity contribution in [1.29, 1.82) is 0 Å². The average molecular weight is 234 g/mol. The Balaban J connectivity index is 2.88. The number of piperidine rings is 1. The van der Waals surface area contributed by atoms with Crippen molar-refractivity contribution in [3.63, 3.8) is 0 Å². The van der Waals surface area contributed by atoms with Crippen LogP contribution in [0.4, 0.5) is 0 Å². The normalized spacial score (nSPS) is 39.1. The Kier molecular flexibility index (Phi) is 3.48. The van der Waals surface area contributed by atoms with Crippen LogP contribution in [-0.4, -0.2) is 62.8 Å². The van der Waals surface area contributed by atoms with E-state index in [9.17, 15) is 24.9 Å². The van der Waals surface area contributed by atoms with Crippen LogP contribution in [0.5, 0.6) is 0 Å². The average Bonchev–Trinajstić information content (AvgIpc) is 2.21. The fourth-order valence-corrected chi connectivity index (χ4v) is 1.49. The third kappa shape index (κ3) is 2.14. The van der Waals surface area contributed by atoms with Gasteiger partial charge in [0.15, 0.2) is 5.72 Å². The Labute approximate surface area is 90.9 Å². The Morgan fingerprint density at radius 3 is 2.56 bits per heavy atom. The van der Waals surface area contributed by atoms with E-state index < -0.39 is 42.4 Å². The number of carbonyl (C=O) groups is 2. The molecule has 92 valence electrons. The number of rotatable bonds is 2. The summed E-state index contributed by atoms with van der Waals surface area (Å²) in [5, 5.41) is 41.4. The Hall–Kier alpha value is -1.22. The molecule has 1 rings (SSSR count). The van der Waals surface area contributed by atoms with Crippen molar-refractivity contribution in [2.45, 2.75) is 30.9 Å². The molecule has 0 bridgehead atoms. The van der Waals surface area contributed by atoms with Gasteiger partial charge in [-0.2, -0.15) is 0 Å². The van der Waals surface area contributed by atoms with Crippen LogP contribution in [0.15, 0.2) is 0 Å². The number of aliphatic hydroxyl groups is 4. The molecule has 1 fully saturated rings. The zero-order valence-electron chi connectivity index (χ0n) is 8.54. The molecule has 0 aromatic rings. The van der Waals surface area contributed by atoms with Crippen LogP contribution in [0.25, 0.3) is 0 Å². The van der Waals surface area contributed by atoms with E-state index in [4.69, 9.17) is 5.11 Å². The van der Waals surface area contributed by atoms with E-state index in [2.05, 4.69) is 5.32 Å². The highest BCUT2D eigenvalue weighted by molar-refractivity contribution is 5.88. The minimum absolute atomic E-state index is 0.569. The lowest BCUT2D eigenvalue weighted by molar-refractivity contribution is -0.195. The second kappa shape index (κ2) is 4.34. The standard InChI is InChI=1S/C8H14N2O6/c1-3(12)9-4-5(13)6(14)8(16,2-11)10-7(4)15/h4-6,11,13-14,16H,2H2,1H3,(H,9,12)(H,10,15)/t4-,5+,6-,8+/m0/s1. The predicted molar refractivity (Wildman–Crippen MR) is 49.8 cm³/mol. The number of carbonyl (C=O) groups excluding carboxylic acids is 2. The fraction of sp³-hybridized carbons (Fsp3) is 0.750. The SMILES string of the molecule is CC(=O)N[C@@H]1C(=O)N[C@@](O)(CO)[C@@H](O)[C@@H]1O. The maximum absolute atomic E-state index is 11.4. The molecule has 0 aliphatic carbocycles. The van der Waals surface area contributed by atoms with Crippen LogP contribution in [-0.2, 0) is 9.59 Å². The molecule has 2 amide bonds. The number of aliphatic hydroxyl groups excluding tert-OH is 3. The van der Waals surface area contributed by atoms with Gasteiger partial charge < -0.3 is 31.1 Å². The van der Waals surface area contributed by atoms with Gasteiger partial charge in [-0.3, -0.25) is 9.59 Å². The van der Waals surface area contributed by atoms with Gasteiger partial charge in [-0.1, -0.05) is 0 Å². The molecule has 1 aliphatic heterocycles. The van der Waals surface area contributed by atoms with E-state index in [1.165, 1.54) is 0 Å². The van der Waals surface area contributed by atoms with Gasteiger partial charge in [-0.05, 0) is 0 Å². The summed E-state index contributed by atoms with van der Waals surface area (Å²) in [4.78, 5) is 22.1. The van der Waals surface area contributed by atoms with Gasteiger partial charge in [0.25, 0.3) is 0 Å². The summed E-state index contributed by atoms with van der Waals surface area (Å²) >= 11 is 0. The molecule has 0 radical (unpaired) electrons. The van der Waals surface area contributed by atoms with Gasteiger partial charge in [0.05, 0.1) is 6.61 Å². The molecular weight excluding hydrogens is 220 g/mol. The number of hydrogen-bond acceptors (Lipinski definition) is 6. The van der Waals surface area contributed by atoms with Crippen molar-refractivity contribution in [3.05, 3.63) is 0 Å². The Bertz CT molecular complexity index is 309. The maximum atomic E-state index is 11.4. The van der Waals surface area contributed by atoms with Crippen molar-refractivity contribution in [2.75, 3.05) is 6.61 Å². The minimum Gasteiger partial charge on any atom is -0.391 e. The highest BCUT2D eigenvalue weighted by Gasteiger charge is 2.51. The topological polar surface area (TPSA) is 139 Å². The summed E-state index contributed by atoms with van der Waals surface area (Å²) in [6, 6.07) is -1.36. The monoisotopic (exact) mass is 234 g/mol. The second-order valence-electron chi connectivity index (χ2n) is 3.69. The van der Waals surface area contributed by atoms with E-state index in [0.29, 0.717) is 0 Å². The van der Waals surface area contributed by atoms with Gasteiger partial charge in [0.1, 0.15) is 18.2 Å². The van der Waals surface area contributed by atoms with Crippen molar-refractivity contribution in [1.82, 2.24) is 10.6 Å². The molecule has 0 saturated carbocycles. The van der Waals surface area contributed by atoms with Crippen LogP contribution in [0.2, 0.25) is 0 Å². The van der Waals surface area contributed by atoms with Crippen molar-refractivity contribution >= 4 is 11.8 Å².